The van der Waals surface area contributed by atoms with E-state index in [1.165, 1.54) is 12.0 Å². The van der Waals surface area contributed by atoms with Gasteiger partial charge in [-0.3, -0.25) is 4.79 Å². The molecule has 15 heavy (non-hydrogen) atoms. The van der Waals surface area contributed by atoms with Crippen LogP contribution in [-0.4, -0.2) is 12.3 Å². The van der Waals surface area contributed by atoms with Crippen LogP contribution in [-0.2, 0) is 4.79 Å². The second-order valence-electron chi connectivity index (χ2n) is 4.55. The van der Waals surface area contributed by atoms with Crippen LogP contribution in [0.1, 0.15) is 30.7 Å². The number of benzene rings is 1. The fraction of sp³-hybridized carbons (Fsp3) is 0.462. The summed E-state index contributed by atoms with van der Waals surface area (Å²) in [6, 6.07) is 8.18. The second-order valence-corrected chi connectivity index (χ2v) is 4.55. The van der Waals surface area contributed by atoms with E-state index in [0.29, 0.717) is 11.7 Å². The number of para-hydroxylation sites is 1. The molecule has 1 unspecified atom stereocenters. The Morgan fingerprint density at radius 2 is 2.07 bits per heavy atom. The number of rotatable bonds is 2. The standard InChI is InChI=1S/C13H15NO/c15-13(9-4-3-5-9)11-8-14-12-7-2-1-6-10(11)12/h1-2,6-7,9,11,14H,3-5,8H2. The summed E-state index contributed by atoms with van der Waals surface area (Å²) in [6.07, 6.45) is 3.45. The zero-order valence-corrected chi connectivity index (χ0v) is 8.70. The molecule has 0 bridgehead atoms. The van der Waals surface area contributed by atoms with E-state index in [9.17, 15) is 4.79 Å². The van der Waals surface area contributed by atoms with Gasteiger partial charge in [0.2, 0.25) is 0 Å². The van der Waals surface area contributed by atoms with Crippen molar-refractivity contribution in [3.63, 3.8) is 0 Å². The molecular weight excluding hydrogens is 186 g/mol. The van der Waals surface area contributed by atoms with E-state index in [1.54, 1.807) is 0 Å². The summed E-state index contributed by atoms with van der Waals surface area (Å²) in [5.41, 5.74) is 2.35. The number of Topliss-reactive ketones (excluding diaryl/α,β-unsaturated/α-hetero) is 1. The Labute approximate surface area is 89.7 Å². The number of ketones is 1. The van der Waals surface area contributed by atoms with Crippen LogP contribution in [0.3, 0.4) is 0 Å². The van der Waals surface area contributed by atoms with Gasteiger partial charge in [0, 0.05) is 18.2 Å². The lowest BCUT2D eigenvalue weighted by atomic mass is 9.76. The predicted octanol–water partition coefficient (Wildman–Crippen LogP) is 2.56. The minimum Gasteiger partial charge on any atom is -0.384 e. The number of hydrogen-bond acceptors (Lipinski definition) is 2. The van der Waals surface area contributed by atoms with Crippen molar-refractivity contribution < 1.29 is 4.79 Å². The van der Waals surface area contributed by atoms with Crippen LogP contribution in [0, 0.1) is 5.92 Å². The summed E-state index contributed by atoms with van der Waals surface area (Å²) >= 11 is 0. The molecule has 1 atom stereocenters. The minimum atomic E-state index is 0.117. The van der Waals surface area contributed by atoms with Crippen molar-refractivity contribution in [3.8, 4) is 0 Å². The van der Waals surface area contributed by atoms with Crippen molar-refractivity contribution in [2.24, 2.45) is 5.92 Å². The highest BCUT2D eigenvalue weighted by Gasteiger charge is 2.35. The third-order valence-corrected chi connectivity index (χ3v) is 3.68. The van der Waals surface area contributed by atoms with E-state index in [4.69, 9.17) is 0 Å². The lowest BCUT2D eigenvalue weighted by molar-refractivity contribution is -0.126. The largest absolute Gasteiger partial charge is 0.384 e. The monoisotopic (exact) mass is 201 g/mol. The third kappa shape index (κ3) is 1.36. The Bertz CT molecular complexity index is 395. The van der Waals surface area contributed by atoms with Crippen LogP contribution in [0.25, 0.3) is 0 Å². The summed E-state index contributed by atoms with van der Waals surface area (Å²) < 4.78 is 0. The molecular formula is C13H15NO. The van der Waals surface area contributed by atoms with Crippen molar-refractivity contribution in [2.45, 2.75) is 25.2 Å². The Balaban J connectivity index is 1.86. The third-order valence-electron chi connectivity index (χ3n) is 3.68. The molecule has 0 radical (unpaired) electrons. The summed E-state index contributed by atoms with van der Waals surface area (Å²) in [4.78, 5) is 12.2. The van der Waals surface area contributed by atoms with E-state index >= 15 is 0 Å². The Morgan fingerprint density at radius 3 is 2.80 bits per heavy atom. The van der Waals surface area contributed by atoms with E-state index in [1.807, 2.05) is 12.1 Å². The average molecular weight is 201 g/mol. The second kappa shape index (κ2) is 3.37. The van der Waals surface area contributed by atoms with E-state index in [-0.39, 0.29) is 5.92 Å². The molecule has 1 aromatic carbocycles. The molecule has 1 aliphatic heterocycles. The van der Waals surface area contributed by atoms with Gasteiger partial charge in [-0.2, -0.15) is 0 Å². The maximum Gasteiger partial charge on any atom is 0.145 e. The molecule has 0 spiro atoms. The SMILES string of the molecule is O=C(C1CCC1)C1CNc2ccccc21. The first-order valence-electron chi connectivity index (χ1n) is 5.73. The molecule has 1 N–H and O–H groups in total. The lowest BCUT2D eigenvalue weighted by Crippen LogP contribution is -2.28. The zero-order valence-electron chi connectivity index (χ0n) is 8.70. The molecule has 1 aliphatic carbocycles. The Morgan fingerprint density at radius 1 is 1.27 bits per heavy atom. The van der Waals surface area contributed by atoms with Crippen molar-refractivity contribution in [1.82, 2.24) is 0 Å². The summed E-state index contributed by atoms with van der Waals surface area (Å²) in [5.74, 6) is 0.924. The molecule has 1 saturated carbocycles. The number of carbonyl (C=O) groups is 1. The van der Waals surface area contributed by atoms with Crippen LogP contribution < -0.4 is 5.32 Å². The number of anilines is 1. The van der Waals surface area contributed by atoms with Crippen molar-refractivity contribution in [1.29, 1.82) is 0 Å². The molecule has 1 fully saturated rings. The van der Waals surface area contributed by atoms with Crippen LogP contribution in [0.15, 0.2) is 24.3 Å². The minimum absolute atomic E-state index is 0.117. The fourth-order valence-corrected chi connectivity index (χ4v) is 2.51. The topological polar surface area (TPSA) is 29.1 Å². The van der Waals surface area contributed by atoms with Gasteiger partial charge in [-0.25, -0.2) is 0 Å². The smallest absolute Gasteiger partial charge is 0.145 e. The fourth-order valence-electron chi connectivity index (χ4n) is 2.51. The maximum atomic E-state index is 12.2. The number of hydrogen-bond donors (Lipinski definition) is 1. The molecule has 3 rings (SSSR count). The van der Waals surface area contributed by atoms with Crippen LogP contribution >= 0.6 is 0 Å². The number of carbonyl (C=O) groups excluding carboxylic acids is 1. The lowest BCUT2D eigenvalue weighted by Gasteiger charge is -2.26. The van der Waals surface area contributed by atoms with Gasteiger partial charge < -0.3 is 5.32 Å². The molecule has 0 aromatic heterocycles. The van der Waals surface area contributed by atoms with E-state index in [0.717, 1.165) is 25.1 Å². The van der Waals surface area contributed by atoms with E-state index < -0.39 is 0 Å². The maximum absolute atomic E-state index is 12.2. The van der Waals surface area contributed by atoms with Crippen LogP contribution in [0.5, 0.6) is 0 Å². The normalized spacial score (nSPS) is 24.1. The van der Waals surface area contributed by atoms with Gasteiger partial charge in [-0.1, -0.05) is 24.6 Å². The summed E-state index contributed by atoms with van der Waals surface area (Å²) in [6.45, 7) is 0.800. The zero-order chi connectivity index (χ0) is 10.3. The number of fused-ring (bicyclic) bond motifs is 1. The first-order valence-corrected chi connectivity index (χ1v) is 5.73. The number of nitrogens with one attached hydrogen (secondary N) is 1. The van der Waals surface area contributed by atoms with Gasteiger partial charge in [-0.05, 0) is 24.5 Å². The van der Waals surface area contributed by atoms with Crippen molar-refractivity contribution in [2.75, 3.05) is 11.9 Å². The first-order chi connectivity index (χ1) is 7.36. The average Bonchev–Trinajstić information content (AvgIpc) is 2.58. The molecule has 2 heteroatoms. The van der Waals surface area contributed by atoms with Gasteiger partial charge in [0.05, 0.1) is 5.92 Å². The van der Waals surface area contributed by atoms with Gasteiger partial charge in [0.25, 0.3) is 0 Å². The first kappa shape index (κ1) is 8.96. The highest BCUT2D eigenvalue weighted by atomic mass is 16.1. The van der Waals surface area contributed by atoms with Crippen LogP contribution in [0.2, 0.25) is 0 Å². The molecule has 0 saturated heterocycles. The van der Waals surface area contributed by atoms with Gasteiger partial charge >= 0.3 is 0 Å². The summed E-state index contributed by atoms with van der Waals surface area (Å²) in [5, 5.41) is 3.31. The molecule has 2 nitrogen and oxygen atoms in total. The molecule has 78 valence electrons. The van der Waals surface area contributed by atoms with Crippen molar-refractivity contribution >= 4 is 11.5 Å². The van der Waals surface area contributed by atoms with Crippen LogP contribution in [0.4, 0.5) is 5.69 Å². The molecule has 0 amide bonds. The van der Waals surface area contributed by atoms with Gasteiger partial charge in [0.15, 0.2) is 0 Å². The van der Waals surface area contributed by atoms with Gasteiger partial charge in [0.1, 0.15) is 5.78 Å². The molecule has 2 aliphatic rings. The molecule has 1 heterocycles. The van der Waals surface area contributed by atoms with Crippen molar-refractivity contribution in [3.05, 3.63) is 29.8 Å². The predicted molar refractivity (Wildman–Crippen MR) is 60.0 cm³/mol. The Kier molecular flexibility index (Phi) is 2.01. The highest BCUT2D eigenvalue weighted by Crippen LogP contribution is 2.38. The molecule has 1 aromatic rings. The van der Waals surface area contributed by atoms with E-state index in [2.05, 4.69) is 17.4 Å². The Hall–Kier alpha value is -1.31. The quantitative estimate of drug-likeness (QED) is 0.796. The van der Waals surface area contributed by atoms with Gasteiger partial charge in [-0.15, -0.1) is 0 Å². The summed E-state index contributed by atoms with van der Waals surface area (Å²) in [7, 11) is 0. The highest BCUT2D eigenvalue weighted by molar-refractivity contribution is 5.92.